The van der Waals surface area contributed by atoms with Crippen molar-refractivity contribution < 1.29 is 4.74 Å². The van der Waals surface area contributed by atoms with E-state index in [1.807, 2.05) is 0 Å². The molecule has 2 aliphatic heterocycles. The van der Waals surface area contributed by atoms with Crippen LogP contribution >= 0.6 is 0 Å². The number of piperazine rings is 1. The van der Waals surface area contributed by atoms with Gasteiger partial charge in [0.05, 0.1) is 0 Å². The molecular formula is C18H34N2O. The Morgan fingerprint density at radius 2 is 1.90 bits per heavy atom. The molecule has 0 spiro atoms. The second kappa shape index (κ2) is 6.55. The summed E-state index contributed by atoms with van der Waals surface area (Å²) in [5.41, 5.74) is 0.374. The van der Waals surface area contributed by atoms with Crippen LogP contribution in [0.1, 0.15) is 52.9 Å². The van der Waals surface area contributed by atoms with Crippen LogP contribution < -0.4 is 5.32 Å². The zero-order chi connectivity index (χ0) is 14.9. The molecule has 2 atom stereocenters. The summed E-state index contributed by atoms with van der Waals surface area (Å²) in [6, 6.07) is 0.736. The first-order valence-electron chi connectivity index (χ1n) is 9.13. The summed E-state index contributed by atoms with van der Waals surface area (Å²) in [4.78, 5) is 2.84. The lowest BCUT2D eigenvalue weighted by Gasteiger charge is -2.48. The summed E-state index contributed by atoms with van der Waals surface area (Å²) in [7, 11) is 0. The third-order valence-corrected chi connectivity index (χ3v) is 5.84. The quantitative estimate of drug-likeness (QED) is 0.844. The van der Waals surface area contributed by atoms with Gasteiger partial charge >= 0.3 is 0 Å². The van der Waals surface area contributed by atoms with Gasteiger partial charge in [-0.1, -0.05) is 13.8 Å². The van der Waals surface area contributed by atoms with Crippen LogP contribution in [-0.2, 0) is 4.74 Å². The molecule has 0 aromatic heterocycles. The molecule has 0 bridgehead atoms. The van der Waals surface area contributed by atoms with E-state index in [0.29, 0.717) is 5.54 Å². The van der Waals surface area contributed by atoms with Gasteiger partial charge < -0.3 is 10.1 Å². The van der Waals surface area contributed by atoms with Crippen molar-refractivity contribution >= 4 is 0 Å². The molecule has 0 amide bonds. The fraction of sp³-hybridized carbons (Fsp3) is 1.00. The Morgan fingerprint density at radius 1 is 1.19 bits per heavy atom. The maximum absolute atomic E-state index is 5.54. The van der Waals surface area contributed by atoms with Crippen molar-refractivity contribution in [1.82, 2.24) is 10.2 Å². The minimum atomic E-state index is 0.374. The van der Waals surface area contributed by atoms with Crippen molar-refractivity contribution in [2.45, 2.75) is 64.5 Å². The Hall–Kier alpha value is -0.120. The third kappa shape index (κ3) is 4.00. The van der Waals surface area contributed by atoms with Gasteiger partial charge in [-0.05, 0) is 56.8 Å². The zero-order valence-corrected chi connectivity index (χ0v) is 14.2. The van der Waals surface area contributed by atoms with E-state index in [1.54, 1.807) is 0 Å². The van der Waals surface area contributed by atoms with Gasteiger partial charge in [0, 0.05) is 44.4 Å². The van der Waals surface area contributed by atoms with Crippen LogP contribution in [0.25, 0.3) is 0 Å². The molecule has 3 heteroatoms. The van der Waals surface area contributed by atoms with E-state index in [-0.39, 0.29) is 0 Å². The molecule has 1 aliphatic carbocycles. The Morgan fingerprint density at radius 3 is 2.52 bits per heavy atom. The van der Waals surface area contributed by atoms with Crippen LogP contribution in [0, 0.1) is 17.8 Å². The average Bonchev–Trinajstić information content (AvgIpc) is 3.28. The van der Waals surface area contributed by atoms with Crippen LogP contribution in [0.3, 0.4) is 0 Å². The molecule has 1 saturated carbocycles. The number of hydrogen-bond donors (Lipinski definition) is 1. The van der Waals surface area contributed by atoms with Crippen molar-refractivity contribution in [3.8, 4) is 0 Å². The lowest BCUT2D eigenvalue weighted by molar-refractivity contribution is 0.0159. The molecule has 1 N–H and O–H groups in total. The van der Waals surface area contributed by atoms with Gasteiger partial charge in [-0.3, -0.25) is 4.90 Å². The minimum Gasteiger partial charge on any atom is -0.381 e. The van der Waals surface area contributed by atoms with Crippen LogP contribution in [0.4, 0.5) is 0 Å². The Bertz CT molecular complexity index is 336. The molecule has 2 heterocycles. The first-order chi connectivity index (χ1) is 10.1. The molecule has 21 heavy (non-hydrogen) atoms. The first-order valence-corrected chi connectivity index (χ1v) is 9.13. The van der Waals surface area contributed by atoms with Crippen LogP contribution in [0.15, 0.2) is 0 Å². The highest BCUT2D eigenvalue weighted by Gasteiger charge is 2.46. The summed E-state index contributed by atoms with van der Waals surface area (Å²) in [5.74, 6) is 2.57. The van der Waals surface area contributed by atoms with Gasteiger partial charge in [-0.25, -0.2) is 0 Å². The lowest BCUT2D eigenvalue weighted by Crippen LogP contribution is -2.64. The maximum atomic E-state index is 5.54. The standard InChI is InChI=1S/C18H34N2O/c1-14(2)10-17-11-19-18(3,16-4-5-16)13-20(17)12-15-6-8-21-9-7-15/h14-17,19H,4-13H2,1-3H3. The van der Waals surface area contributed by atoms with Gasteiger partial charge in [0.1, 0.15) is 0 Å². The number of ether oxygens (including phenoxy) is 1. The molecular weight excluding hydrogens is 260 g/mol. The highest BCUT2D eigenvalue weighted by Crippen LogP contribution is 2.42. The molecule has 122 valence electrons. The summed E-state index contributed by atoms with van der Waals surface area (Å²) in [6.45, 7) is 12.9. The highest BCUT2D eigenvalue weighted by atomic mass is 16.5. The van der Waals surface area contributed by atoms with Crippen LogP contribution in [-0.4, -0.2) is 49.3 Å². The van der Waals surface area contributed by atoms with Gasteiger partial charge in [-0.15, -0.1) is 0 Å². The van der Waals surface area contributed by atoms with Gasteiger partial charge in [-0.2, -0.15) is 0 Å². The molecule has 2 unspecified atom stereocenters. The Balaban J connectivity index is 1.63. The second-order valence-electron chi connectivity index (χ2n) is 8.34. The topological polar surface area (TPSA) is 24.5 Å². The lowest BCUT2D eigenvalue weighted by atomic mass is 9.87. The molecule has 0 aromatic carbocycles. The summed E-state index contributed by atoms with van der Waals surface area (Å²) < 4.78 is 5.54. The molecule has 0 radical (unpaired) electrons. The first kappa shape index (κ1) is 15.8. The molecule has 3 rings (SSSR count). The minimum absolute atomic E-state index is 0.374. The fourth-order valence-corrected chi connectivity index (χ4v) is 4.33. The molecule has 3 nitrogen and oxygen atoms in total. The molecule has 2 saturated heterocycles. The van der Waals surface area contributed by atoms with Crippen molar-refractivity contribution in [2.24, 2.45) is 17.8 Å². The number of hydrogen-bond acceptors (Lipinski definition) is 3. The Labute approximate surface area is 130 Å². The van der Waals surface area contributed by atoms with Crippen molar-refractivity contribution in [2.75, 3.05) is 32.8 Å². The van der Waals surface area contributed by atoms with Gasteiger partial charge in [0.15, 0.2) is 0 Å². The summed E-state index contributed by atoms with van der Waals surface area (Å²) in [5, 5.41) is 3.91. The zero-order valence-electron chi connectivity index (χ0n) is 14.2. The summed E-state index contributed by atoms with van der Waals surface area (Å²) in [6.07, 6.45) is 6.72. The normalized spacial score (nSPS) is 36.3. The predicted molar refractivity (Wildman–Crippen MR) is 87.5 cm³/mol. The number of nitrogens with zero attached hydrogens (tertiary/aromatic N) is 1. The predicted octanol–water partition coefficient (Wildman–Crippen LogP) is 2.90. The third-order valence-electron chi connectivity index (χ3n) is 5.84. The van der Waals surface area contributed by atoms with E-state index in [4.69, 9.17) is 4.74 Å². The molecule has 0 aromatic rings. The van der Waals surface area contributed by atoms with Gasteiger partial charge in [0.2, 0.25) is 0 Å². The summed E-state index contributed by atoms with van der Waals surface area (Å²) >= 11 is 0. The monoisotopic (exact) mass is 294 g/mol. The van der Waals surface area contributed by atoms with E-state index < -0.39 is 0 Å². The Kier molecular flexibility index (Phi) is 4.92. The fourth-order valence-electron chi connectivity index (χ4n) is 4.33. The van der Waals surface area contributed by atoms with E-state index in [9.17, 15) is 0 Å². The number of nitrogens with one attached hydrogen (secondary N) is 1. The van der Waals surface area contributed by atoms with Crippen molar-refractivity contribution in [3.63, 3.8) is 0 Å². The van der Waals surface area contributed by atoms with E-state index in [2.05, 4.69) is 31.0 Å². The van der Waals surface area contributed by atoms with E-state index in [1.165, 1.54) is 51.7 Å². The highest BCUT2D eigenvalue weighted by molar-refractivity contribution is 5.04. The molecule has 3 aliphatic rings. The van der Waals surface area contributed by atoms with Gasteiger partial charge in [0.25, 0.3) is 0 Å². The molecule has 3 fully saturated rings. The van der Waals surface area contributed by atoms with Crippen molar-refractivity contribution in [1.29, 1.82) is 0 Å². The van der Waals surface area contributed by atoms with Crippen LogP contribution in [0.5, 0.6) is 0 Å². The second-order valence-corrected chi connectivity index (χ2v) is 8.34. The average molecular weight is 294 g/mol. The maximum Gasteiger partial charge on any atom is 0.0469 e. The SMILES string of the molecule is CC(C)CC1CNC(C)(C2CC2)CN1CC1CCOCC1. The van der Waals surface area contributed by atoms with E-state index >= 15 is 0 Å². The van der Waals surface area contributed by atoms with E-state index in [0.717, 1.165) is 37.0 Å². The van der Waals surface area contributed by atoms with Crippen LogP contribution in [0.2, 0.25) is 0 Å². The number of rotatable bonds is 5. The van der Waals surface area contributed by atoms with Crippen molar-refractivity contribution in [3.05, 3.63) is 0 Å². The largest absolute Gasteiger partial charge is 0.381 e. The smallest absolute Gasteiger partial charge is 0.0469 e.